The van der Waals surface area contributed by atoms with Crippen LogP contribution < -0.4 is 0 Å². The number of aliphatic hydroxyl groups excluding tert-OH is 2. The van der Waals surface area contributed by atoms with E-state index in [1.54, 1.807) is 0 Å². The SMILES string of the molecule is CCCC[N+](CCCC)(CCCC)CCCC.CN(CCO)CCO.[OH-]. The van der Waals surface area contributed by atoms with Gasteiger partial charge in [0.1, 0.15) is 0 Å². The fraction of sp³-hybridized carbons (Fsp3) is 1.00. The molecule has 0 spiro atoms. The predicted molar refractivity (Wildman–Crippen MR) is 113 cm³/mol. The van der Waals surface area contributed by atoms with Gasteiger partial charge in [-0.3, -0.25) is 0 Å². The maximum Gasteiger partial charge on any atom is 0.0786 e. The van der Waals surface area contributed by atoms with Crippen molar-refractivity contribution in [1.29, 1.82) is 0 Å². The minimum atomic E-state index is 0. The van der Waals surface area contributed by atoms with Gasteiger partial charge in [0.2, 0.25) is 0 Å². The summed E-state index contributed by atoms with van der Waals surface area (Å²) in [6, 6.07) is 0. The van der Waals surface area contributed by atoms with E-state index in [9.17, 15) is 0 Å². The number of hydrogen-bond acceptors (Lipinski definition) is 4. The second-order valence-electron chi connectivity index (χ2n) is 7.40. The molecule has 0 aromatic rings. The normalized spacial score (nSPS) is 11.1. The summed E-state index contributed by atoms with van der Waals surface area (Å²) in [5, 5.41) is 16.7. The van der Waals surface area contributed by atoms with Crippen molar-refractivity contribution in [3.63, 3.8) is 0 Å². The Morgan fingerprint density at radius 1 is 0.615 bits per heavy atom. The van der Waals surface area contributed by atoms with Crippen LogP contribution in [0.5, 0.6) is 0 Å². The van der Waals surface area contributed by atoms with Gasteiger partial charge < -0.3 is 25.1 Å². The molecule has 0 aliphatic heterocycles. The average molecular weight is 379 g/mol. The van der Waals surface area contributed by atoms with Crippen molar-refractivity contribution in [2.75, 3.05) is 59.5 Å². The Morgan fingerprint density at radius 2 is 0.885 bits per heavy atom. The Morgan fingerprint density at radius 3 is 1.08 bits per heavy atom. The Labute approximate surface area is 164 Å². The molecule has 0 radical (unpaired) electrons. The van der Waals surface area contributed by atoms with Crippen molar-refractivity contribution in [2.45, 2.75) is 79.1 Å². The summed E-state index contributed by atoms with van der Waals surface area (Å²) in [4.78, 5) is 1.86. The molecule has 0 atom stereocenters. The molecule has 0 aliphatic carbocycles. The fourth-order valence-corrected chi connectivity index (χ4v) is 3.10. The van der Waals surface area contributed by atoms with E-state index in [4.69, 9.17) is 10.2 Å². The van der Waals surface area contributed by atoms with Crippen molar-refractivity contribution >= 4 is 0 Å². The second kappa shape index (κ2) is 22.8. The number of hydrogen-bond donors (Lipinski definition) is 2. The van der Waals surface area contributed by atoms with Crippen LogP contribution in [0.25, 0.3) is 0 Å². The predicted octanol–water partition coefficient (Wildman–Crippen LogP) is 3.73. The molecular weight excluding hydrogens is 328 g/mol. The van der Waals surface area contributed by atoms with Gasteiger partial charge in [0.05, 0.1) is 39.4 Å². The molecular formula is C21H50N2O3. The van der Waals surface area contributed by atoms with Crippen molar-refractivity contribution in [3.05, 3.63) is 0 Å². The number of unbranched alkanes of at least 4 members (excludes halogenated alkanes) is 4. The van der Waals surface area contributed by atoms with Crippen LogP contribution in [0.3, 0.4) is 0 Å². The highest BCUT2D eigenvalue weighted by Gasteiger charge is 2.24. The molecule has 0 heterocycles. The molecule has 0 saturated heterocycles. The highest BCUT2D eigenvalue weighted by molar-refractivity contribution is 4.49. The Bertz CT molecular complexity index is 210. The Balaban J connectivity index is -0.000000498. The van der Waals surface area contributed by atoms with Crippen LogP contribution in [0.1, 0.15) is 79.1 Å². The summed E-state index contributed by atoms with van der Waals surface area (Å²) in [6.07, 6.45) is 11.1. The fourth-order valence-electron chi connectivity index (χ4n) is 3.10. The zero-order valence-electron chi connectivity index (χ0n) is 18.5. The van der Waals surface area contributed by atoms with Crippen LogP contribution in [-0.2, 0) is 0 Å². The lowest BCUT2D eigenvalue weighted by Crippen LogP contribution is -2.50. The minimum Gasteiger partial charge on any atom is -0.870 e. The van der Waals surface area contributed by atoms with Crippen molar-refractivity contribution < 1.29 is 20.2 Å². The summed E-state index contributed by atoms with van der Waals surface area (Å²) in [6.45, 7) is 16.6. The van der Waals surface area contributed by atoms with Gasteiger partial charge in [-0.05, 0) is 32.7 Å². The molecule has 0 aliphatic rings. The van der Waals surface area contributed by atoms with Gasteiger partial charge in [-0.2, -0.15) is 0 Å². The molecule has 5 heteroatoms. The van der Waals surface area contributed by atoms with Crippen LogP contribution in [0.15, 0.2) is 0 Å². The van der Waals surface area contributed by atoms with E-state index < -0.39 is 0 Å². The van der Waals surface area contributed by atoms with E-state index >= 15 is 0 Å². The first-order chi connectivity index (χ1) is 12.1. The number of quaternary nitrogens is 1. The van der Waals surface area contributed by atoms with Crippen LogP contribution in [0, 0.1) is 0 Å². The molecule has 0 saturated carbocycles. The maximum absolute atomic E-state index is 8.34. The highest BCUT2D eigenvalue weighted by Crippen LogP contribution is 2.16. The standard InChI is InChI=1S/C16H36N.C5H13NO2.H2O/c1-5-9-13-17(14-10-6-2,15-11-7-3)16-12-8-4;1-6(2-4-7)3-5-8;/h5-16H2,1-4H3;7-8H,2-5H2,1H3;1H2/q+1;;/p-1. The van der Waals surface area contributed by atoms with E-state index in [0.717, 1.165) is 0 Å². The molecule has 162 valence electrons. The monoisotopic (exact) mass is 378 g/mol. The number of nitrogens with zero attached hydrogens (tertiary/aromatic N) is 2. The lowest BCUT2D eigenvalue weighted by atomic mass is 10.1. The molecule has 0 unspecified atom stereocenters. The molecule has 0 aromatic carbocycles. The molecule has 0 aromatic heterocycles. The van der Waals surface area contributed by atoms with E-state index in [1.165, 1.54) is 82.0 Å². The van der Waals surface area contributed by atoms with Gasteiger partial charge in [0.15, 0.2) is 0 Å². The molecule has 0 bridgehead atoms. The Hall–Kier alpha value is -0.200. The first-order valence-corrected chi connectivity index (χ1v) is 10.8. The first-order valence-electron chi connectivity index (χ1n) is 10.8. The summed E-state index contributed by atoms with van der Waals surface area (Å²) in [7, 11) is 1.85. The lowest BCUT2D eigenvalue weighted by molar-refractivity contribution is -0.929. The molecule has 3 N–H and O–H groups in total. The summed E-state index contributed by atoms with van der Waals surface area (Å²) in [5.74, 6) is 0. The lowest BCUT2D eigenvalue weighted by Gasteiger charge is -2.39. The van der Waals surface area contributed by atoms with Crippen LogP contribution in [0.2, 0.25) is 0 Å². The third-order valence-corrected chi connectivity index (χ3v) is 4.91. The van der Waals surface area contributed by atoms with Gasteiger partial charge in [-0.15, -0.1) is 0 Å². The van der Waals surface area contributed by atoms with Gasteiger partial charge in [-0.25, -0.2) is 0 Å². The van der Waals surface area contributed by atoms with Crippen molar-refractivity contribution in [1.82, 2.24) is 4.90 Å². The van der Waals surface area contributed by atoms with Gasteiger partial charge >= 0.3 is 0 Å². The number of aliphatic hydroxyl groups is 2. The van der Waals surface area contributed by atoms with Crippen LogP contribution in [0.4, 0.5) is 0 Å². The molecule has 0 rings (SSSR count). The smallest absolute Gasteiger partial charge is 0.0786 e. The largest absolute Gasteiger partial charge is 0.870 e. The van der Waals surface area contributed by atoms with E-state index in [0.29, 0.717) is 13.1 Å². The molecule has 5 nitrogen and oxygen atoms in total. The van der Waals surface area contributed by atoms with Crippen molar-refractivity contribution in [3.8, 4) is 0 Å². The van der Waals surface area contributed by atoms with Gasteiger partial charge in [0.25, 0.3) is 0 Å². The van der Waals surface area contributed by atoms with Crippen LogP contribution >= 0.6 is 0 Å². The number of likely N-dealkylation sites (N-methyl/N-ethyl adjacent to an activating group) is 1. The van der Waals surface area contributed by atoms with Gasteiger partial charge in [0, 0.05) is 13.1 Å². The summed E-state index contributed by atoms with van der Waals surface area (Å²) >= 11 is 0. The van der Waals surface area contributed by atoms with E-state index in [-0.39, 0.29) is 18.7 Å². The third-order valence-electron chi connectivity index (χ3n) is 4.91. The minimum absolute atomic E-state index is 0. The zero-order chi connectivity index (χ0) is 19.4. The first kappa shape index (κ1) is 30.5. The average Bonchev–Trinajstić information content (AvgIpc) is 2.61. The maximum atomic E-state index is 8.34. The number of rotatable bonds is 16. The quantitative estimate of drug-likeness (QED) is 0.401. The molecule has 0 fully saturated rings. The third kappa shape index (κ3) is 18.6. The summed E-state index contributed by atoms with van der Waals surface area (Å²) in [5.41, 5.74) is 0. The Kier molecular flexibility index (Phi) is 26.8. The molecule has 26 heavy (non-hydrogen) atoms. The van der Waals surface area contributed by atoms with E-state index in [1.807, 2.05) is 11.9 Å². The van der Waals surface area contributed by atoms with Crippen molar-refractivity contribution in [2.24, 2.45) is 0 Å². The zero-order valence-corrected chi connectivity index (χ0v) is 18.5. The molecule has 0 amide bonds. The van der Waals surface area contributed by atoms with Gasteiger partial charge in [-0.1, -0.05) is 53.4 Å². The highest BCUT2D eigenvalue weighted by atomic mass is 16.3. The second-order valence-corrected chi connectivity index (χ2v) is 7.40. The van der Waals surface area contributed by atoms with E-state index in [2.05, 4.69) is 27.7 Å². The topological polar surface area (TPSA) is 73.7 Å². The summed E-state index contributed by atoms with van der Waals surface area (Å²) < 4.78 is 1.42. The van der Waals surface area contributed by atoms with Crippen LogP contribution in [-0.4, -0.2) is 84.6 Å².